The predicted molar refractivity (Wildman–Crippen MR) is 105 cm³/mol. The number of carbonyl (C=O) groups is 2. The van der Waals surface area contributed by atoms with Crippen molar-refractivity contribution in [3.63, 3.8) is 0 Å². The maximum Gasteiger partial charge on any atom is 0.239 e. The molecule has 7 heteroatoms. The summed E-state index contributed by atoms with van der Waals surface area (Å²) in [7, 11) is 0. The van der Waals surface area contributed by atoms with Crippen molar-refractivity contribution in [3.05, 3.63) is 29.3 Å². The standard InChI is InChI=1S/C20H28ClN3O3/c21-17-5-7-18(8-6-17)27-12-11-23-9-1-3-16(14-23)13-22-19(25)15-24-10-2-4-20(24)26/h5-8,16H,1-4,9-15H2,(H,22,25). The van der Waals surface area contributed by atoms with Crippen LogP contribution in [0.3, 0.4) is 0 Å². The first kappa shape index (κ1) is 20.0. The van der Waals surface area contributed by atoms with Gasteiger partial charge in [-0.05, 0) is 56.0 Å². The summed E-state index contributed by atoms with van der Waals surface area (Å²) in [6, 6.07) is 7.41. The Morgan fingerprint density at radius 1 is 1.22 bits per heavy atom. The minimum atomic E-state index is -0.0477. The van der Waals surface area contributed by atoms with E-state index in [1.54, 1.807) is 4.90 Å². The van der Waals surface area contributed by atoms with Crippen LogP contribution < -0.4 is 10.1 Å². The number of likely N-dealkylation sites (tertiary alicyclic amines) is 2. The molecule has 3 rings (SSSR count). The third-order valence-electron chi connectivity index (χ3n) is 5.19. The lowest BCUT2D eigenvalue weighted by Crippen LogP contribution is -2.44. The molecule has 1 atom stereocenters. The highest BCUT2D eigenvalue weighted by molar-refractivity contribution is 6.30. The average Bonchev–Trinajstić information content (AvgIpc) is 3.07. The van der Waals surface area contributed by atoms with Gasteiger partial charge in [0.2, 0.25) is 11.8 Å². The molecule has 27 heavy (non-hydrogen) atoms. The zero-order valence-corrected chi connectivity index (χ0v) is 16.4. The zero-order valence-electron chi connectivity index (χ0n) is 15.7. The Balaban J connectivity index is 1.33. The molecule has 2 amide bonds. The van der Waals surface area contributed by atoms with Gasteiger partial charge in [0.1, 0.15) is 12.4 Å². The van der Waals surface area contributed by atoms with Gasteiger partial charge in [-0.1, -0.05) is 11.6 Å². The van der Waals surface area contributed by atoms with Crippen molar-refractivity contribution in [1.82, 2.24) is 15.1 Å². The van der Waals surface area contributed by atoms with E-state index in [9.17, 15) is 9.59 Å². The van der Waals surface area contributed by atoms with E-state index in [0.29, 0.717) is 37.1 Å². The van der Waals surface area contributed by atoms with Gasteiger partial charge in [0.25, 0.3) is 0 Å². The van der Waals surface area contributed by atoms with E-state index >= 15 is 0 Å². The monoisotopic (exact) mass is 393 g/mol. The van der Waals surface area contributed by atoms with Gasteiger partial charge in [0.15, 0.2) is 0 Å². The largest absolute Gasteiger partial charge is 0.492 e. The molecule has 2 aliphatic rings. The molecule has 0 aromatic heterocycles. The van der Waals surface area contributed by atoms with Crippen molar-refractivity contribution in [2.24, 2.45) is 5.92 Å². The van der Waals surface area contributed by atoms with Crippen LogP contribution in [0.1, 0.15) is 25.7 Å². The second-order valence-electron chi connectivity index (χ2n) is 7.33. The predicted octanol–water partition coefficient (Wildman–Crippen LogP) is 2.17. The van der Waals surface area contributed by atoms with Crippen molar-refractivity contribution < 1.29 is 14.3 Å². The van der Waals surface area contributed by atoms with Crippen LogP contribution in [0, 0.1) is 5.92 Å². The van der Waals surface area contributed by atoms with Crippen LogP contribution in [0.2, 0.25) is 5.02 Å². The number of nitrogens with zero attached hydrogens (tertiary/aromatic N) is 2. The van der Waals surface area contributed by atoms with E-state index in [-0.39, 0.29) is 18.4 Å². The van der Waals surface area contributed by atoms with E-state index in [1.165, 1.54) is 0 Å². The van der Waals surface area contributed by atoms with E-state index in [4.69, 9.17) is 16.3 Å². The Morgan fingerprint density at radius 3 is 2.78 bits per heavy atom. The van der Waals surface area contributed by atoms with Crippen LogP contribution >= 0.6 is 11.6 Å². The highest BCUT2D eigenvalue weighted by atomic mass is 35.5. The summed E-state index contributed by atoms with van der Waals surface area (Å²) in [5, 5.41) is 3.71. The van der Waals surface area contributed by atoms with Gasteiger partial charge in [-0.3, -0.25) is 14.5 Å². The summed E-state index contributed by atoms with van der Waals surface area (Å²) in [5.74, 6) is 1.33. The molecular weight excluding hydrogens is 366 g/mol. The zero-order chi connectivity index (χ0) is 19.1. The quantitative estimate of drug-likeness (QED) is 0.735. The number of hydrogen-bond acceptors (Lipinski definition) is 4. The van der Waals surface area contributed by atoms with Gasteiger partial charge >= 0.3 is 0 Å². The maximum atomic E-state index is 12.1. The first-order valence-corrected chi connectivity index (χ1v) is 10.1. The Bertz CT molecular complexity index is 638. The van der Waals surface area contributed by atoms with E-state index < -0.39 is 0 Å². The number of halogens is 1. The van der Waals surface area contributed by atoms with Crippen LogP contribution in [-0.2, 0) is 9.59 Å². The Kier molecular flexibility index (Phi) is 7.35. The van der Waals surface area contributed by atoms with Gasteiger partial charge in [-0.2, -0.15) is 0 Å². The summed E-state index contributed by atoms with van der Waals surface area (Å²) in [6.07, 6.45) is 3.69. The molecule has 6 nitrogen and oxygen atoms in total. The first-order chi connectivity index (χ1) is 13.1. The topological polar surface area (TPSA) is 61.9 Å². The summed E-state index contributed by atoms with van der Waals surface area (Å²) < 4.78 is 5.77. The van der Waals surface area contributed by atoms with Gasteiger partial charge in [0, 0.05) is 37.6 Å². The number of ether oxygens (including phenoxy) is 1. The van der Waals surface area contributed by atoms with Crippen LogP contribution in [-0.4, -0.2) is 67.5 Å². The molecule has 0 spiro atoms. The first-order valence-electron chi connectivity index (χ1n) is 9.75. The number of carbonyl (C=O) groups excluding carboxylic acids is 2. The van der Waals surface area contributed by atoms with E-state index in [1.807, 2.05) is 24.3 Å². The lowest BCUT2D eigenvalue weighted by molar-refractivity contribution is -0.133. The SMILES string of the molecule is O=C(CN1CCCC1=O)NCC1CCCN(CCOc2ccc(Cl)cc2)C1. The number of benzene rings is 1. The third kappa shape index (κ3) is 6.40. The minimum absolute atomic E-state index is 0.0477. The minimum Gasteiger partial charge on any atom is -0.492 e. The number of rotatable bonds is 8. The molecule has 0 radical (unpaired) electrons. The molecule has 2 fully saturated rings. The molecular formula is C20H28ClN3O3. The molecule has 0 aliphatic carbocycles. The molecule has 1 aromatic carbocycles. The van der Waals surface area contributed by atoms with Gasteiger partial charge in [-0.15, -0.1) is 0 Å². The molecule has 1 N–H and O–H groups in total. The molecule has 148 valence electrons. The van der Waals surface area contributed by atoms with E-state index in [2.05, 4.69) is 10.2 Å². The smallest absolute Gasteiger partial charge is 0.239 e. The van der Waals surface area contributed by atoms with Gasteiger partial charge in [0.05, 0.1) is 6.54 Å². The van der Waals surface area contributed by atoms with Crippen molar-refractivity contribution in [2.45, 2.75) is 25.7 Å². The summed E-state index contributed by atoms with van der Waals surface area (Å²) in [6.45, 7) is 5.12. The highest BCUT2D eigenvalue weighted by Crippen LogP contribution is 2.17. The van der Waals surface area contributed by atoms with Crippen LogP contribution in [0.25, 0.3) is 0 Å². The van der Waals surface area contributed by atoms with Gasteiger partial charge < -0.3 is 15.0 Å². The molecule has 2 heterocycles. The molecule has 2 aliphatic heterocycles. The summed E-state index contributed by atoms with van der Waals surface area (Å²) in [4.78, 5) is 27.7. The Labute approximate surface area is 165 Å². The lowest BCUT2D eigenvalue weighted by Gasteiger charge is -2.32. The normalized spacial score (nSPS) is 20.7. The Morgan fingerprint density at radius 2 is 2.04 bits per heavy atom. The van der Waals surface area contributed by atoms with Crippen LogP contribution in [0.15, 0.2) is 24.3 Å². The lowest BCUT2D eigenvalue weighted by atomic mass is 9.98. The van der Waals surface area contributed by atoms with Crippen molar-refractivity contribution in [2.75, 3.05) is 45.9 Å². The molecule has 2 saturated heterocycles. The fourth-order valence-corrected chi connectivity index (χ4v) is 3.83. The van der Waals surface area contributed by atoms with Gasteiger partial charge in [-0.25, -0.2) is 0 Å². The highest BCUT2D eigenvalue weighted by Gasteiger charge is 2.24. The Hall–Kier alpha value is -1.79. The average molecular weight is 394 g/mol. The molecule has 1 unspecified atom stereocenters. The van der Waals surface area contributed by atoms with Crippen LogP contribution in [0.4, 0.5) is 0 Å². The fourth-order valence-electron chi connectivity index (χ4n) is 3.70. The van der Waals surface area contributed by atoms with E-state index in [0.717, 1.165) is 44.6 Å². The summed E-state index contributed by atoms with van der Waals surface area (Å²) >= 11 is 5.88. The third-order valence-corrected chi connectivity index (χ3v) is 5.44. The second kappa shape index (κ2) is 9.95. The number of amides is 2. The number of nitrogens with one attached hydrogen (secondary N) is 1. The fraction of sp³-hybridized carbons (Fsp3) is 0.600. The molecule has 0 bridgehead atoms. The van der Waals surface area contributed by atoms with Crippen molar-refractivity contribution in [3.8, 4) is 5.75 Å². The number of hydrogen-bond donors (Lipinski definition) is 1. The molecule has 0 saturated carbocycles. The molecule has 1 aromatic rings. The number of piperidine rings is 1. The van der Waals surface area contributed by atoms with Crippen molar-refractivity contribution in [1.29, 1.82) is 0 Å². The second-order valence-corrected chi connectivity index (χ2v) is 7.77. The summed E-state index contributed by atoms with van der Waals surface area (Å²) in [5.41, 5.74) is 0. The maximum absolute atomic E-state index is 12.1. The van der Waals surface area contributed by atoms with Crippen LogP contribution in [0.5, 0.6) is 5.75 Å². The van der Waals surface area contributed by atoms with Crippen molar-refractivity contribution >= 4 is 23.4 Å².